The SMILES string of the molecule is NCC1CN(Cc2cccc(F)c2Br)CCO1. The Balaban J connectivity index is 2.02. The number of rotatable bonds is 3. The van der Waals surface area contributed by atoms with E-state index in [0.717, 1.165) is 25.2 Å². The van der Waals surface area contributed by atoms with Crippen LogP contribution in [-0.2, 0) is 11.3 Å². The fourth-order valence-corrected chi connectivity index (χ4v) is 2.37. The summed E-state index contributed by atoms with van der Waals surface area (Å²) in [5.74, 6) is -0.217. The van der Waals surface area contributed by atoms with Crippen LogP contribution in [0.25, 0.3) is 0 Å². The van der Waals surface area contributed by atoms with Gasteiger partial charge in [-0.3, -0.25) is 4.90 Å². The third-order valence-electron chi connectivity index (χ3n) is 2.91. The minimum atomic E-state index is -0.217. The van der Waals surface area contributed by atoms with Crippen LogP contribution in [0.1, 0.15) is 5.56 Å². The summed E-state index contributed by atoms with van der Waals surface area (Å²) in [6.07, 6.45) is 0.0936. The van der Waals surface area contributed by atoms with Crippen LogP contribution in [0.3, 0.4) is 0 Å². The quantitative estimate of drug-likeness (QED) is 0.924. The first-order valence-electron chi connectivity index (χ1n) is 5.67. The molecular weight excluding hydrogens is 287 g/mol. The Morgan fingerprint density at radius 1 is 1.53 bits per heavy atom. The maximum absolute atomic E-state index is 13.4. The van der Waals surface area contributed by atoms with E-state index in [0.29, 0.717) is 17.6 Å². The van der Waals surface area contributed by atoms with E-state index in [1.165, 1.54) is 6.07 Å². The van der Waals surface area contributed by atoms with Crippen molar-refractivity contribution in [2.24, 2.45) is 5.73 Å². The van der Waals surface area contributed by atoms with Gasteiger partial charge in [0.1, 0.15) is 5.82 Å². The van der Waals surface area contributed by atoms with Crippen molar-refractivity contribution in [3.63, 3.8) is 0 Å². The molecule has 0 spiro atoms. The second kappa shape index (κ2) is 5.91. The van der Waals surface area contributed by atoms with Crippen molar-refractivity contribution in [1.29, 1.82) is 0 Å². The lowest BCUT2D eigenvalue weighted by atomic mass is 10.2. The Morgan fingerprint density at radius 2 is 2.35 bits per heavy atom. The van der Waals surface area contributed by atoms with Crippen molar-refractivity contribution in [2.75, 3.05) is 26.2 Å². The Morgan fingerprint density at radius 3 is 3.12 bits per heavy atom. The summed E-state index contributed by atoms with van der Waals surface area (Å²) in [5, 5.41) is 0. The molecule has 1 aliphatic rings. The molecule has 0 aliphatic carbocycles. The van der Waals surface area contributed by atoms with Crippen molar-refractivity contribution in [3.8, 4) is 0 Å². The van der Waals surface area contributed by atoms with Gasteiger partial charge in [-0.25, -0.2) is 4.39 Å². The number of halogens is 2. The van der Waals surface area contributed by atoms with Crippen LogP contribution < -0.4 is 5.73 Å². The van der Waals surface area contributed by atoms with Gasteiger partial charge in [0.05, 0.1) is 17.2 Å². The molecule has 1 saturated heterocycles. The molecule has 0 saturated carbocycles. The summed E-state index contributed by atoms with van der Waals surface area (Å²) in [6, 6.07) is 5.12. The fourth-order valence-electron chi connectivity index (χ4n) is 1.98. The van der Waals surface area contributed by atoms with E-state index in [2.05, 4.69) is 20.8 Å². The Labute approximate surface area is 109 Å². The average molecular weight is 303 g/mol. The van der Waals surface area contributed by atoms with E-state index in [1.807, 2.05) is 6.07 Å². The molecule has 17 heavy (non-hydrogen) atoms. The zero-order valence-corrected chi connectivity index (χ0v) is 11.1. The van der Waals surface area contributed by atoms with Gasteiger partial charge in [0.15, 0.2) is 0 Å². The molecule has 0 bridgehead atoms. The maximum atomic E-state index is 13.4. The highest BCUT2D eigenvalue weighted by molar-refractivity contribution is 9.10. The van der Waals surface area contributed by atoms with Crippen LogP contribution in [0, 0.1) is 5.82 Å². The molecule has 0 radical (unpaired) electrons. The lowest BCUT2D eigenvalue weighted by molar-refractivity contribution is -0.0261. The second-order valence-corrected chi connectivity index (χ2v) is 4.97. The van der Waals surface area contributed by atoms with Crippen LogP contribution in [0.15, 0.2) is 22.7 Å². The average Bonchev–Trinajstić information content (AvgIpc) is 2.35. The van der Waals surface area contributed by atoms with Crippen LogP contribution >= 0.6 is 15.9 Å². The monoisotopic (exact) mass is 302 g/mol. The van der Waals surface area contributed by atoms with Crippen molar-refractivity contribution < 1.29 is 9.13 Å². The number of hydrogen-bond donors (Lipinski definition) is 1. The smallest absolute Gasteiger partial charge is 0.137 e. The number of benzene rings is 1. The molecule has 1 aliphatic heterocycles. The highest BCUT2D eigenvalue weighted by atomic mass is 79.9. The van der Waals surface area contributed by atoms with Crippen LogP contribution in [0.2, 0.25) is 0 Å². The largest absolute Gasteiger partial charge is 0.374 e. The van der Waals surface area contributed by atoms with Gasteiger partial charge in [0.2, 0.25) is 0 Å². The molecule has 2 rings (SSSR count). The molecule has 1 aromatic carbocycles. The molecule has 3 nitrogen and oxygen atoms in total. The molecule has 1 unspecified atom stereocenters. The van der Waals surface area contributed by atoms with Gasteiger partial charge in [-0.2, -0.15) is 0 Å². The lowest BCUT2D eigenvalue weighted by Gasteiger charge is -2.32. The summed E-state index contributed by atoms with van der Waals surface area (Å²) in [5.41, 5.74) is 6.55. The van der Waals surface area contributed by atoms with Crippen molar-refractivity contribution in [3.05, 3.63) is 34.1 Å². The van der Waals surface area contributed by atoms with E-state index < -0.39 is 0 Å². The first-order chi connectivity index (χ1) is 8.20. The normalized spacial score (nSPS) is 21.7. The Kier molecular flexibility index (Phi) is 4.50. The minimum Gasteiger partial charge on any atom is -0.374 e. The van der Waals surface area contributed by atoms with E-state index in [-0.39, 0.29) is 11.9 Å². The molecule has 94 valence electrons. The van der Waals surface area contributed by atoms with Crippen molar-refractivity contribution in [1.82, 2.24) is 4.90 Å². The van der Waals surface area contributed by atoms with Gasteiger partial charge in [-0.05, 0) is 27.6 Å². The number of hydrogen-bond acceptors (Lipinski definition) is 3. The molecular formula is C12H16BrFN2O. The number of nitrogens with zero attached hydrogens (tertiary/aromatic N) is 1. The van der Waals surface area contributed by atoms with Crippen LogP contribution in [0.5, 0.6) is 0 Å². The maximum Gasteiger partial charge on any atom is 0.137 e. The lowest BCUT2D eigenvalue weighted by Crippen LogP contribution is -2.45. The van der Waals surface area contributed by atoms with Gasteiger partial charge < -0.3 is 10.5 Å². The van der Waals surface area contributed by atoms with Crippen LogP contribution in [-0.4, -0.2) is 37.2 Å². The molecule has 1 heterocycles. The predicted molar refractivity (Wildman–Crippen MR) is 68.2 cm³/mol. The minimum absolute atomic E-state index is 0.0936. The Bertz CT molecular complexity index is 389. The molecule has 0 aromatic heterocycles. The summed E-state index contributed by atoms with van der Waals surface area (Å²) in [6.45, 7) is 3.60. The zero-order chi connectivity index (χ0) is 12.3. The van der Waals surface area contributed by atoms with Gasteiger partial charge >= 0.3 is 0 Å². The molecule has 1 fully saturated rings. The van der Waals surface area contributed by atoms with Gasteiger partial charge in [0, 0.05) is 26.2 Å². The summed E-state index contributed by atoms with van der Waals surface area (Å²) in [4.78, 5) is 2.24. The zero-order valence-electron chi connectivity index (χ0n) is 9.53. The van der Waals surface area contributed by atoms with E-state index in [4.69, 9.17) is 10.5 Å². The van der Waals surface area contributed by atoms with Crippen molar-refractivity contribution in [2.45, 2.75) is 12.6 Å². The Hall–Kier alpha value is -0.490. The van der Waals surface area contributed by atoms with E-state index in [9.17, 15) is 4.39 Å². The third-order valence-corrected chi connectivity index (χ3v) is 3.80. The summed E-state index contributed by atoms with van der Waals surface area (Å²) >= 11 is 3.28. The molecule has 1 aromatic rings. The summed E-state index contributed by atoms with van der Waals surface area (Å²) in [7, 11) is 0. The highest BCUT2D eigenvalue weighted by Gasteiger charge is 2.20. The standard InChI is InChI=1S/C12H16BrFN2O/c13-12-9(2-1-3-11(12)14)7-16-4-5-17-10(6-15)8-16/h1-3,10H,4-8,15H2. The van der Waals surface area contributed by atoms with Gasteiger partial charge in [-0.1, -0.05) is 12.1 Å². The fraction of sp³-hybridized carbons (Fsp3) is 0.500. The van der Waals surface area contributed by atoms with Crippen molar-refractivity contribution >= 4 is 15.9 Å². The first kappa shape index (κ1) is 13.0. The second-order valence-electron chi connectivity index (χ2n) is 4.18. The number of nitrogens with two attached hydrogens (primary N) is 1. The predicted octanol–water partition coefficient (Wildman–Crippen LogP) is 1.75. The highest BCUT2D eigenvalue weighted by Crippen LogP contribution is 2.22. The molecule has 1 atom stereocenters. The van der Waals surface area contributed by atoms with Gasteiger partial charge in [-0.15, -0.1) is 0 Å². The molecule has 5 heteroatoms. The topological polar surface area (TPSA) is 38.5 Å². The van der Waals surface area contributed by atoms with E-state index >= 15 is 0 Å². The first-order valence-corrected chi connectivity index (χ1v) is 6.47. The molecule has 0 amide bonds. The van der Waals surface area contributed by atoms with Crippen LogP contribution in [0.4, 0.5) is 4.39 Å². The van der Waals surface area contributed by atoms with E-state index in [1.54, 1.807) is 6.07 Å². The number of ether oxygens (including phenoxy) is 1. The summed E-state index contributed by atoms with van der Waals surface area (Å²) < 4.78 is 19.4. The third kappa shape index (κ3) is 3.25. The number of morpholine rings is 1. The van der Waals surface area contributed by atoms with Gasteiger partial charge in [0.25, 0.3) is 0 Å². The molecule has 2 N–H and O–H groups in total.